The van der Waals surface area contributed by atoms with Gasteiger partial charge in [0.1, 0.15) is 12.2 Å². The predicted molar refractivity (Wildman–Crippen MR) is 90.2 cm³/mol. The van der Waals surface area contributed by atoms with Crippen LogP contribution in [0.25, 0.3) is 0 Å². The summed E-state index contributed by atoms with van der Waals surface area (Å²) in [5.41, 5.74) is 0.274. The molecule has 3 aliphatic carbocycles. The van der Waals surface area contributed by atoms with Crippen LogP contribution in [-0.2, 0) is 11.3 Å². The number of hydrogen-bond acceptors (Lipinski definition) is 3. The van der Waals surface area contributed by atoms with Gasteiger partial charge in [-0.15, -0.1) is 10.2 Å². The Bertz CT molecular complexity index is 663. The summed E-state index contributed by atoms with van der Waals surface area (Å²) in [7, 11) is 0. The number of likely N-dealkylation sites (tertiary alicyclic amines) is 1. The van der Waals surface area contributed by atoms with E-state index in [9.17, 15) is 4.79 Å². The van der Waals surface area contributed by atoms with Crippen LogP contribution in [-0.4, -0.2) is 38.7 Å². The molecule has 5 rings (SSSR count). The zero-order valence-electron chi connectivity index (χ0n) is 14.2. The highest BCUT2D eigenvalue weighted by molar-refractivity contribution is 5.80. The molecule has 1 aromatic rings. The van der Waals surface area contributed by atoms with Crippen molar-refractivity contribution in [2.24, 2.45) is 17.3 Å². The van der Waals surface area contributed by atoms with E-state index < -0.39 is 0 Å². The van der Waals surface area contributed by atoms with Gasteiger partial charge in [-0.25, -0.2) is 0 Å². The number of hydrogen-bond donors (Lipinski definition) is 0. The quantitative estimate of drug-likeness (QED) is 0.800. The van der Waals surface area contributed by atoms with Crippen LogP contribution in [0.5, 0.6) is 0 Å². The van der Waals surface area contributed by atoms with Gasteiger partial charge in [0.15, 0.2) is 0 Å². The fraction of sp³-hybridized carbons (Fsp3) is 0.737. The van der Waals surface area contributed by atoms with Crippen molar-refractivity contribution in [1.82, 2.24) is 19.7 Å². The van der Waals surface area contributed by atoms with Gasteiger partial charge in [-0.05, 0) is 49.9 Å². The summed E-state index contributed by atoms with van der Waals surface area (Å²) in [6.07, 6.45) is 14.5. The molecule has 1 saturated heterocycles. The van der Waals surface area contributed by atoms with Crippen molar-refractivity contribution in [3.8, 4) is 0 Å². The van der Waals surface area contributed by atoms with Crippen LogP contribution >= 0.6 is 0 Å². The van der Waals surface area contributed by atoms with E-state index in [2.05, 4.69) is 31.8 Å². The van der Waals surface area contributed by atoms with E-state index in [0.29, 0.717) is 11.8 Å². The fourth-order valence-electron chi connectivity index (χ4n) is 4.96. The van der Waals surface area contributed by atoms with E-state index in [1.54, 1.807) is 0 Å². The van der Waals surface area contributed by atoms with Gasteiger partial charge >= 0.3 is 0 Å². The highest BCUT2D eigenvalue weighted by atomic mass is 16.2. The van der Waals surface area contributed by atoms with Crippen molar-refractivity contribution in [1.29, 1.82) is 0 Å². The zero-order valence-corrected chi connectivity index (χ0v) is 14.2. The molecule has 128 valence electrons. The Morgan fingerprint density at radius 1 is 1.25 bits per heavy atom. The Kier molecular flexibility index (Phi) is 3.32. The molecule has 1 unspecified atom stereocenters. The molecule has 1 aliphatic heterocycles. The Balaban J connectivity index is 1.38. The molecule has 2 saturated carbocycles. The van der Waals surface area contributed by atoms with Gasteiger partial charge in [-0.2, -0.15) is 0 Å². The number of aromatic nitrogens is 3. The van der Waals surface area contributed by atoms with Crippen LogP contribution in [0.3, 0.4) is 0 Å². The third-order valence-corrected chi connectivity index (χ3v) is 6.78. The van der Waals surface area contributed by atoms with Crippen molar-refractivity contribution in [3.05, 3.63) is 24.3 Å². The predicted octanol–water partition coefficient (Wildman–Crippen LogP) is 2.75. The van der Waals surface area contributed by atoms with E-state index in [0.717, 1.165) is 44.2 Å². The first-order valence-electron chi connectivity index (χ1n) is 9.57. The molecule has 0 N–H and O–H groups in total. The highest BCUT2D eigenvalue weighted by Crippen LogP contribution is 2.55. The van der Waals surface area contributed by atoms with Gasteiger partial charge in [0.05, 0.1) is 0 Å². The van der Waals surface area contributed by atoms with Gasteiger partial charge in [-0.1, -0.05) is 18.6 Å². The summed E-state index contributed by atoms with van der Waals surface area (Å²) in [5, 5.41) is 8.73. The molecule has 1 spiro atoms. The van der Waals surface area contributed by atoms with E-state index in [4.69, 9.17) is 0 Å². The minimum absolute atomic E-state index is 0.185. The molecule has 5 nitrogen and oxygen atoms in total. The summed E-state index contributed by atoms with van der Waals surface area (Å²) >= 11 is 0. The van der Waals surface area contributed by atoms with E-state index in [-0.39, 0.29) is 11.3 Å². The first kappa shape index (κ1) is 14.7. The molecular formula is C19H26N4O. The lowest BCUT2D eigenvalue weighted by Crippen LogP contribution is -2.39. The minimum atomic E-state index is 0.185. The molecule has 5 heteroatoms. The zero-order chi connectivity index (χ0) is 16.1. The molecule has 24 heavy (non-hydrogen) atoms. The fourth-order valence-corrected chi connectivity index (χ4v) is 4.96. The van der Waals surface area contributed by atoms with Crippen molar-refractivity contribution in [2.45, 2.75) is 57.4 Å². The summed E-state index contributed by atoms with van der Waals surface area (Å²) in [6.45, 7) is 2.84. The van der Waals surface area contributed by atoms with Gasteiger partial charge in [0.2, 0.25) is 5.91 Å². The molecule has 1 atom stereocenters. The van der Waals surface area contributed by atoms with Gasteiger partial charge in [-0.3, -0.25) is 4.79 Å². The van der Waals surface area contributed by atoms with Crippen LogP contribution in [0.2, 0.25) is 0 Å². The third kappa shape index (κ3) is 2.32. The molecule has 0 radical (unpaired) electrons. The summed E-state index contributed by atoms with van der Waals surface area (Å²) in [5.74, 6) is 2.89. The Hall–Kier alpha value is -1.65. The van der Waals surface area contributed by atoms with Crippen molar-refractivity contribution in [2.75, 3.05) is 13.1 Å². The number of carbonyl (C=O) groups is 1. The van der Waals surface area contributed by atoms with Crippen LogP contribution in [0.1, 0.15) is 56.7 Å². The molecule has 1 aromatic heterocycles. The van der Waals surface area contributed by atoms with Crippen molar-refractivity contribution in [3.63, 3.8) is 0 Å². The minimum Gasteiger partial charge on any atom is -0.341 e. The third-order valence-electron chi connectivity index (χ3n) is 6.78. The number of carbonyl (C=O) groups excluding carboxylic acids is 1. The van der Waals surface area contributed by atoms with E-state index in [1.807, 2.05) is 6.33 Å². The number of nitrogens with zero attached hydrogens (tertiary/aromatic N) is 4. The Labute approximate surface area is 143 Å². The molecule has 4 aliphatic rings. The normalized spacial score (nSPS) is 28.7. The smallest absolute Gasteiger partial charge is 0.226 e. The van der Waals surface area contributed by atoms with Crippen molar-refractivity contribution >= 4 is 5.91 Å². The lowest BCUT2D eigenvalue weighted by atomic mass is 9.62. The number of allylic oxidation sites excluding steroid dienone is 2. The van der Waals surface area contributed by atoms with E-state index in [1.165, 1.54) is 32.1 Å². The second kappa shape index (κ2) is 5.43. The van der Waals surface area contributed by atoms with Crippen molar-refractivity contribution < 1.29 is 4.79 Å². The van der Waals surface area contributed by atoms with Gasteiger partial charge in [0, 0.05) is 31.5 Å². The van der Waals surface area contributed by atoms with Gasteiger partial charge < -0.3 is 9.47 Å². The van der Waals surface area contributed by atoms with Crippen LogP contribution in [0.15, 0.2) is 18.5 Å². The van der Waals surface area contributed by atoms with Crippen LogP contribution in [0.4, 0.5) is 0 Å². The summed E-state index contributed by atoms with van der Waals surface area (Å²) in [6, 6.07) is 0. The molecule has 0 aromatic carbocycles. The largest absolute Gasteiger partial charge is 0.341 e. The summed E-state index contributed by atoms with van der Waals surface area (Å²) < 4.78 is 2.29. The average Bonchev–Trinajstić information content (AvgIpc) is 3.00. The average molecular weight is 326 g/mol. The SMILES string of the molecule is O=C(C1CC=CC1)N1CC(c2nncn2CC2CC2)C2(CCC2)C1. The molecule has 0 bridgehead atoms. The molecule has 1 amide bonds. The Morgan fingerprint density at radius 3 is 2.71 bits per heavy atom. The molecule has 2 heterocycles. The first-order chi connectivity index (χ1) is 11.8. The Morgan fingerprint density at radius 2 is 2.04 bits per heavy atom. The van der Waals surface area contributed by atoms with Gasteiger partial charge in [0.25, 0.3) is 0 Å². The maximum absolute atomic E-state index is 12.9. The van der Waals surface area contributed by atoms with Crippen LogP contribution in [0, 0.1) is 17.3 Å². The highest BCUT2D eigenvalue weighted by Gasteiger charge is 2.54. The number of rotatable bonds is 4. The number of amides is 1. The lowest BCUT2D eigenvalue weighted by molar-refractivity contribution is -0.134. The lowest BCUT2D eigenvalue weighted by Gasteiger charge is -2.42. The second-order valence-corrected chi connectivity index (χ2v) is 8.41. The maximum Gasteiger partial charge on any atom is 0.226 e. The maximum atomic E-state index is 12.9. The van der Waals surface area contributed by atoms with E-state index >= 15 is 0 Å². The molecular weight excluding hydrogens is 300 g/mol. The standard InChI is InChI=1S/C19H26N4O/c24-18(15-4-1-2-5-15)22-11-16(19(12-22)8-3-9-19)17-21-20-13-23(17)10-14-6-7-14/h1-2,13-16H,3-12H2. The summed E-state index contributed by atoms with van der Waals surface area (Å²) in [4.78, 5) is 15.1. The topological polar surface area (TPSA) is 51.0 Å². The molecule has 3 fully saturated rings. The van der Waals surface area contributed by atoms with Crippen LogP contribution < -0.4 is 0 Å². The first-order valence-corrected chi connectivity index (χ1v) is 9.57. The monoisotopic (exact) mass is 326 g/mol. The second-order valence-electron chi connectivity index (χ2n) is 8.41.